The van der Waals surface area contributed by atoms with E-state index in [2.05, 4.69) is 17.0 Å². The van der Waals surface area contributed by atoms with Gasteiger partial charge in [-0.15, -0.1) is 0 Å². The van der Waals surface area contributed by atoms with Crippen molar-refractivity contribution in [2.45, 2.75) is 25.4 Å². The number of rotatable bonds is 5. The molecule has 0 bridgehead atoms. The first-order valence-corrected chi connectivity index (χ1v) is 6.23. The Morgan fingerprint density at radius 1 is 1.06 bits per heavy atom. The number of likely N-dealkylation sites (tertiary alicyclic amines) is 1. The zero-order valence-corrected chi connectivity index (χ0v) is 11.0. The average molecular weight is 251 g/mol. The average Bonchev–Trinajstić information content (AvgIpc) is 2.81. The molecule has 18 heavy (non-hydrogen) atoms. The number of hydrogen-bond acceptors (Lipinski definition) is 4. The first-order valence-electron chi connectivity index (χ1n) is 6.23. The summed E-state index contributed by atoms with van der Waals surface area (Å²) in [6.45, 7) is 2.79. The van der Waals surface area contributed by atoms with Gasteiger partial charge in [0.1, 0.15) is 0 Å². The summed E-state index contributed by atoms with van der Waals surface area (Å²) in [6, 6.07) is 8.06. The fourth-order valence-corrected chi connectivity index (χ4v) is 2.41. The molecule has 0 aromatic heterocycles. The summed E-state index contributed by atoms with van der Waals surface area (Å²) in [5.74, 6) is 0. The molecule has 2 atom stereocenters. The van der Waals surface area contributed by atoms with Crippen molar-refractivity contribution < 1.29 is 14.6 Å². The molecule has 0 aliphatic carbocycles. The Balaban J connectivity index is 1.93. The monoisotopic (exact) mass is 251 g/mol. The van der Waals surface area contributed by atoms with Crippen molar-refractivity contribution in [3.8, 4) is 0 Å². The second kappa shape index (κ2) is 6.29. The molecule has 2 unspecified atom stereocenters. The van der Waals surface area contributed by atoms with E-state index in [0.29, 0.717) is 0 Å². The molecule has 1 heterocycles. The molecule has 4 nitrogen and oxygen atoms in total. The molecular formula is C14H21NO3. The van der Waals surface area contributed by atoms with Gasteiger partial charge in [-0.25, -0.2) is 0 Å². The number of hydrogen-bond donors (Lipinski definition) is 1. The van der Waals surface area contributed by atoms with Crippen molar-refractivity contribution in [1.82, 2.24) is 4.90 Å². The van der Waals surface area contributed by atoms with E-state index in [-0.39, 0.29) is 18.8 Å². The molecule has 0 radical (unpaired) electrons. The zero-order valence-electron chi connectivity index (χ0n) is 11.0. The van der Waals surface area contributed by atoms with Gasteiger partial charge in [0, 0.05) is 33.9 Å². The number of aliphatic hydroxyl groups excluding tert-OH is 1. The predicted octanol–water partition coefficient (Wildman–Crippen LogP) is 1.02. The Kier molecular flexibility index (Phi) is 4.72. The fourth-order valence-electron chi connectivity index (χ4n) is 2.41. The summed E-state index contributed by atoms with van der Waals surface area (Å²) >= 11 is 0. The topological polar surface area (TPSA) is 41.9 Å². The highest BCUT2D eigenvalue weighted by Gasteiger charge is 2.32. The Bertz CT molecular complexity index is 354. The van der Waals surface area contributed by atoms with E-state index < -0.39 is 0 Å². The number of ether oxygens (including phenoxy) is 2. The van der Waals surface area contributed by atoms with Crippen LogP contribution in [-0.4, -0.2) is 49.5 Å². The normalized spacial score (nSPS) is 24.6. The molecule has 0 amide bonds. The number of benzene rings is 1. The SMILES string of the molecule is COC1CN(Cc2ccc(CO)cc2)CC1OC. The molecule has 1 saturated heterocycles. The molecule has 0 spiro atoms. The van der Waals surface area contributed by atoms with Gasteiger partial charge in [0.25, 0.3) is 0 Å². The van der Waals surface area contributed by atoms with E-state index in [9.17, 15) is 0 Å². The maximum absolute atomic E-state index is 9.00. The largest absolute Gasteiger partial charge is 0.392 e. The third kappa shape index (κ3) is 3.09. The Hall–Kier alpha value is -0.940. The molecule has 1 aliphatic rings. The zero-order chi connectivity index (χ0) is 13.0. The number of methoxy groups -OCH3 is 2. The highest BCUT2D eigenvalue weighted by molar-refractivity contribution is 5.22. The van der Waals surface area contributed by atoms with Crippen LogP contribution in [0.5, 0.6) is 0 Å². The molecule has 0 saturated carbocycles. The summed E-state index contributed by atoms with van der Waals surface area (Å²) in [6.07, 6.45) is 0.318. The maximum atomic E-state index is 9.00. The van der Waals surface area contributed by atoms with Crippen LogP contribution in [0.4, 0.5) is 0 Å². The predicted molar refractivity (Wildman–Crippen MR) is 69.2 cm³/mol. The first-order chi connectivity index (χ1) is 8.76. The van der Waals surface area contributed by atoms with Gasteiger partial charge in [-0.1, -0.05) is 24.3 Å². The summed E-state index contributed by atoms with van der Waals surface area (Å²) in [5, 5.41) is 9.00. The van der Waals surface area contributed by atoms with Crippen molar-refractivity contribution in [3.05, 3.63) is 35.4 Å². The van der Waals surface area contributed by atoms with Gasteiger partial charge < -0.3 is 14.6 Å². The molecule has 4 heteroatoms. The van der Waals surface area contributed by atoms with Crippen LogP contribution in [0.2, 0.25) is 0 Å². The van der Waals surface area contributed by atoms with E-state index in [1.165, 1.54) is 5.56 Å². The second-order valence-electron chi connectivity index (χ2n) is 4.72. The van der Waals surface area contributed by atoms with Gasteiger partial charge in [-0.05, 0) is 11.1 Å². The summed E-state index contributed by atoms with van der Waals surface area (Å²) in [7, 11) is 3.46. The van der Waals surface area contributed by atoms with E-state index in [1.54, 1.807) is 14.2 Å². The van der Waals surface area contributed by atoms with Crippen LogP contribution < -0.4 is 0 Å². The van der Waals surface area contributed by atoms with Crippen molar-refractivity contribution in [3.63, 3.8) is 0 Å². The molecule has 100 valence electrons. The highest BCUT2D eigenvalue weighted by atomic mass is 16.5. The van der Waals surface area contributed by atoms with Gasteiger partial charge >= 0.3 is 0 Å². The van der Waals surface area contributed by atoms with Crippen molar-refractivity contribution in [2.75, 3.05) is 27.3 Å². The highest BCUT2D eigenvalue weighted by Crippen LogP contribution is 2.18. The van der Waals surface area contributed by atoms with E-state index in [0.717, 1.165) is 25.2 Å². The smallest absolute Gasteiger partial charge is 0.0971 e. The molecule has 1 aromatic carbocycles. The van der Waals surface area contributed by atoms with Crippen LogP contribution in [0.3, 0.4) is 0 Å². The molecule has 1 aromatic rings. The third-order valence-electron chi connectivity index (χ3n) is 3.51. The van der Waals surface area contributed by atoms with Gasteiger partial charge in [0.05, 0.1) is 18.8 Å². The lowest BCUT2D eigenvalue weighted by Crippen LogP contribution is -2.27. The van der Waals surface area contributed by atoms with Crippen molar-refractivity contribution in [1.29, 1.82) is 0 Å². The van der Waals surface area contributed by atoms with Gasteiger partial charge in [-0.2, -0.15) is 0 Å². The quantitative estimate of drug-likeness (QED) is 0.848. The lowest BCUT2D eigenvalue weighted by molar-refractivity contribution is -0.00461. The lowest BCUT2D eigenvalue weighted by Gasteiger charge is -2.15. The van der Waals surface area contributed by atoms with Gasteiger partial charge in [-0.3, -0.25) is 4.90 Å². The number of nitrogens with zero attached hydrogens (tertiary/aromatic N) is 1. The maximum Gasteiger partial charge on any atom is 0.0971 e. The molecule has 2 rings (SSSR count). The second-order valence-corrected chi connectivity index (χ2v) is 4.72. The van der Waals surface area contributed by atoms with Crippen LogP contribution in [0, 0.1) is 0 Å². The Morgan fingerprint density at radius 3 is 2.00 bits per heavy atom. The summed E-state index contributed by atoms with van der Waals surface area (Å²) in [4.78, 5) is 2.33. The standard InChI is InChI=1S/C14H21NO3/c1-17-13-8-15(9-14(13)18-2)7-11-3-5-12(10-16)6-4-11/h3-6,13-14,16H,7-10H2,1-2H3. The van der Waals surface area contributed by atoms with Crippen LogP contribution >= 0.6 is 0 Å². The van der Waals surface area contributed by atoms with Crippen molar-refractivity contribution in [2.24, 2.45) is 0 Å². The minimum Gasteiger partial charge on any atom is -0.392 e. The van der Waals surface area contributed by atoms with Gasteiger partial charge in [0.2, 0.25) is 0 Å². The fraction of sp³-hybridized carbons (Fsp3) is 0.571. The number of aliphatic hydroxyl groups is 1. The first kappa shape index (κ1) is 13.5. The van der Waals surface area contributed by atoms with E-state index in [4.69, 9.17) is 14.6 Å². The lowest BCUT2D eigenvalue weighted by atomic mass is 10.1. The molecule has 1 fully saturated rings. The molecule has 1 aliphatic heterocycles. The molecular weight excluding hydrogens is 230 g/mol. The van der Waals surface area contributed by atoms with Crippen molar-refractivity contribution >= 4 is 0 Å². The van der Waals surface area contributed by atoms with E-state index in [1.807, 2.05) is 12.1 Å². The minimum absolute atomic E-state index is 0.0987. The molecule has 1 N–H and O–H groups in total. The van der Waals surface area contributed by atoms with Gasteiger partial charge in [0.15, 0.2) is 0 Å². The van der Waals surface area contributed by atoms with E-state index >= 15 is 0 Å². The third-order valence-corrected chi connectivity index (χ3v) is 3.51. The van der Waals surface area contributed by atoms with Crippen LogP contribution in [-0.2, 0) is 22.6 Å². The van der Waals surface area contributed by atoms with Crippen LogP contribution in [0.1, 0.15) is 11.1 Å². The summed E-state index contributed by atoms with van der Waals surface area (Å²) < 4.78 is 10.8. The van der Waals surface area contributed by atoms with Crippen LogP contribution in [0.25, 0.3) is 0 Å². The Morgan fingerprint density at radius 2 is 1.56 bits per heavy atom. The Labute approximate surface area is 108 Å². The minimum atomic E-state index is 0.0987. The summed E-state index contributed by atoms with van der Waals surface area (Å²) in [5.41, 5.74) is 2.20. The van der Waals surface area contributed by atoms with Crippen LogP contribution in [0.15, 0.2) is 24.3 Å².